The van der Waals surface area contributed by atoms with Crippen LogP contribution in [0.4, 0.5) is 64.9 Å². The lowest BCUT2D eigenvalue weighted by Crippen LogP contribution is -2.13. The number of carbonyl (C=O) groups excluding carboxylic acids is 6. The summed E-state index contributed by atoms with van der Waals surface area (Å²) >= 11 is 11.8. The number of carbonyl (C=O) groups is 6. The highest BCUT2D eigenvalue weighted by Gasteiger charge is 2.20. The van der Waals surface area contributed by atoms with E-state index in [0.29, 0.717) is 76.8 Å². The molecule has 0 bridgehead atoms. The highest BCUT2D eigenvalue weighted by atomic mass is 127. The summed E-state index contributed by atoms with van der Waals surface area (Å²) in [7, 11) is 0. The van der Waals surface area contributed by atoms with Gasteiger partial charge in [-0.15, -0.1) is 0 Å². The number of hydrogen-bond acceptors (Lipinski definition) is 12. The molecule has 28 heteroatoms. The van der Waals surface area contributed by atoms with Crippen molar-refractivity contribution in [3.8, 4) is 34.5 Å². The van der Waals surface area contributed by atoms with Gasteiger partial charge in [0, 0.05) is 113 Å². The minimum absolute atomic E-state index is 0.0432. The summed E-state index contributed by atoms with van der Waals surface area (Å²) in [6.45, 7) is 24.1. The van der Waals surface area contributed by atoms with Gasteiger partial charge in [0.05, 0.1) is 5.69 Å². The molecule has 6 amide bonds. The monoisotopic (exact) mass is 1990 g/mol. The summed E-state index contributed by atoms with van der Waals surface area (Å²) in [5.74, 6) is -2.61. The van der Waals surface area contributed by atoms with Gasteiger partial charge in [0.25, 0.3) is 0 Å². The maximum Gasteiger partial charge on any atom is 0.224 e. The highest BCUT2D eigenvalue weighted by molar-refractivity contribution is 14.1. The molecule has 12 aromatic carbocycles. The molecular weight excluding hydrogens is 1890 g/mol. The van der Waals surface area contributed by atoms with Gasteiger partial charge in [-0.1, -0.05) is 160 Å². The Morgan fingerprint density at radius 1 is 0.282 bits per heavy atom. The van der Waals surface area contributed by atoms with Crippen molar-refractivity contribution in [2.75, 3.05) is 31.9 Å². The second kappa shape index (κ2) is 54.0. The Hall–Kier alpha value is -12.7. The number of rotatable bonds is 30. The average molecular weight is 2000 g/mol. The van der Waals surface area contributed by atoms with E-state index in [1.807, 2.05) is 101 Å². The molecule has 0 aliphatic rings. The number of aryl methyl sites for hydroxylation is 7. The first-order valence-corrected chi connectivity index (χ1v) is 44.3. The van der Waals surface area contributed by atoms with Crippen molar-refractivity contribution in [3.05, 3.63) is 351 Å². The minimum Gasteiger partial charge on any atom is -0.486 e. The van der Waals surface area contributed by atoms with E-state index in [4.69, 9.17) is 40.0 Å². The number of para-hydroxylation sites is 1. The van der Waals surface area contributed by atoms with Crippen molar-refractivity contribution in [1.29, 1.82) is 0 Å². The SMILES string of the molecule is CCC(=O)Nc1cccc(Br)c1COc1ccc(C)cc1F.CCC(=O)Nc1cccc(C)c1COc1ccc(C)cc1F.CCC(=O)Nc1cccc(Cl)c1COc1ccc(C)cc1F.CCC(=O)Nc1cccc(F)c1COc1ccc(C)cc1F.CCC(=O)Nc1cccc(I)c1COc1ccc(C)cc1F.CCC(=O)Nc1ccccc1COc1ccc(C)cc1F. The summed E-state index contributed by atoms with van der Waals surface area (Å²) in [5, 5.41) is 17.1. The fourth-order valence-corrected chi connectivity index (χ4v) is 13.1. The zero-order chi connectivity index (χ0) is 95.8. The maximum atomic E-state index is 13.9. The van der Waals surface area contributed by atoms with Gasteiger partial charge in [0.2, 0.25) is 35.4 Å². The Kier molecular flexibility index (Phi) is 43.5. The smallest absolute Gasteiger partial charge is 0.224 e. The van der Waals surface area contributed by atoms with Gasteiger partial charge in [-0.25, -0.2) is 30.7 Å². The standard InChI is InChI=1S/C18H20FNO2.C17H17BrFNO2.C17H17ClFNO2.C17H17F2NO2.C17H17FINO2.C17H18FNO2/c1-4-18(21)20-16-7-5-6-13(3)14(16)11-22-17-9-8-12(2)10-15(17)19;3*1-3-17(21)20-15-6-4-5-13(18)12(15)10-22-16-8-7-11(2)9-14(16)19;1-3-17(21)20-15-6-4-5-14(19)12(15)10-22-16-8-7-11(2)9-13(16)18;1-3-17(20)19-15-7-5-4-6-13(15)11-21-16-9-8-12(2)10-14(16)18/h5-10H,4,11H2,1-3H3,(H,20,21);4*4-9H,3,10H2,1-2H3,(H,20,21);4-10H,3,11H2,1-2H3,(H,19,20). The number of benzene rings is 12. The largest absolute Gasteiger partial charge is 0.486 e. The zero-order valence-electron chi connectivity index (χ0n) is 75.0. The lowest BCUT2D eigenvalue weighted by atomic mass is 10.1. The second-order valence-electron chi connectivity index (χ2n) is 29.6. The number of hydrogen-bond donors (Lipinski definition) is 6. The normalized spacial score (nSPS) is 10.3. The molecule has 690 valence electrons. The number of anilines is 6. The Bertz CT molecular complexity index is 5220. The van der Waals surface area contributed by atoms with Gasteiger partial charge in [0.15, 0.2) is 69.4 Å². The van der Waals surface area contributed by atoms with E-state index >= 15 is 0 Å². The maximum absolute atomic E-state index is 13.9. The van der Waals surface area contributed by atoms with Crippen LogP contribution in [0.1, 0.15) is 152 Å². The van der Waals surface area contributed by atoms with E-state index in [-0.39, 0.29) is 139 Å². The molecule has 0 atom stereocenters. The van der Waals surface area contributed by atoms with E-state index in [0.717, 1.165) is 69.2 Å². The number of ether oxygens (including phenoxy) is 6. The Morgan fingerprint density at radius 3 is 0.908 bits per heavy atom. The van der Waals surface area contributed by atoms with Crippen molar-refractivity contribution < 1.29 is 87.9 Å². The second-order valence-corrected chi connectivity index (χ2v) is 32.0. The quantitative estimate of drug-likeness (QED) is 0.0182. The molecule has 0 unspecified atom stereocenters. The van der Waals surface area contributed by atoms with E-state index in [1.165, 1.54) is 54.6 Å². The minimum atomic E-state index is -0.513. The van der Waals surface area contributed by atoms with Crippen molar-refractivity contribution in [1.82, 2.24) is 0 Å². The summed E-state index contributed by atoms with van der Waals surface area (Å²) in [5.41, 5.74) is 13.7. The molecule has 0 radical (unpaired) electrons. The fourth-order valence-electron chi connectivity index (χ4n) is 11.7. The first-order valence-electron chi connectivity index (χ1n) is 42.0. The average Bonchev–Trinajstić information content (AvgIpc) is 0.849. The van der Waals surface area contributed by atoms with E-state index in [9.17, 15) is 59.5 Å². The molecule has 12 rings (SSSR count). The number of halogens is 10. The van der Waals surface area contributed by atoms with Crippen LogP contribution in [0, 0.1) is 92.8 Å². The molecule has 0 spiro atoms. The molecule has 12 aromatic rings. The predicted molar refractivity (Wildman–Crippen MR) is 515 cm³/mol. The van der Waals surface area contributed by atoms with Crippen molar-refractivity contribution >= 4 is 120 Å². The molecule has 0 saturated heterocycles. The third-order valence-corrected chi connectivity index (χ3v) is 21.3. The zero-order valence-corrected chi connectivity index (χ0v) is 79.5. The Morgan fingerprint density at radius 2 is 0.542 bits per heavy atom. The lowest BCUT2D eigenvalue weighted by Gasteiger charge is -2.15. The van der Waals surface area contributed by atoms with Crippen molar-refractivity contribution in [2.24, 2.45) is 0 Å². The molecule has 0 aliphatic heterocycles. The summed E-state index contributed by atoms with van der Waals surface area (Å²) in [4.78, 5) is 69.3. The number of nitrogens with one attached hydrogen (secondary N) is 6. The lowest BCUT2D eigenvalue weighted by molar-refractivity contribution is -0.116. The first kappa shape index (κ1) is 105. The fraction of sp³-hybridized carbons (Fsp3) is 0.243. The molecule has 0 fully saturated rings. The van der Waals surface area contributed by atoms with Crippen LogP contribution in [0.15, 0.2) is 229 Å². The van der Waals surface area contributed by atoms with Gasteiger partial charge >= 0.3 is 0 Å². The van der Waals surface area contributed by atoms with E-state index in [1.54, 1.807) is 159 Å². The molecule has 0 aromatic heterocycles. The third-order valence-electron chi connectivity index (χ3n) is 19.2. The summed E-state index contributed by atoms with van der Waals surface area (Å²) in [6, 6.07) is 62.2. The first-order chi connectivity index (χ1) is 62.6. The van der Waals surface area contributed by atoms with Crippen LogP contribution in [-0.4, -0.2) is 35.4 Å². The van der Waals surface area contributed by atoms with Gasteiger partial charge < -0.3 is 60.3 Å². The van der Waals surface area contributed by atoms with Gasteiger partial charge in [-0.2, -0.15) is 0 Å². The van der Waals surface area contributed by atoms with Crippen molar-refractivity contribution in [3.63, 3.8) is 0 Å². The topological polar surface area (TPSA) is 230 Å². The van der Waals surface area contributed by atoms with Crippen LogP contribution in [0.2, 0.25) is 5.02 Å². The molecule has 6 N–H and O–H groups in total. The van der Waals surface area contributed by atoms with E-state index in [2.05, 4.69) is 70.4 Å². The summed E-state index contributed by atoms with van der Waals surface area (Å²) < 4.78 is 131. The van der Waals surface area contributed by atoms with Crippen molar-refractivity contribution in [2.45, 2.75) is 168 Å². The molecule has 0 saturated carbocycles. The number of amides is 6. The van der Waals surface area contributed by atoms with Crippen LogP contribution < -0.4 is 60.3 Å². The van der Waals surface area contributed by atoms with E-state index < -0.39 is 23.3 Å². The summed E-state index contributed by atoms with van der Waals surface area (Å²) in [6.07, 6.45) is 2.24. The van der Waals surface area contributed by atoms with Crippen LogP contribution >= 0.6 is 50.1 Å². The van der Waals surface area contributed by atoms with Gasteiger partial charge in [0.1, 0.15) is 45.5 Å². The van der Waals surface area contributed by atoms with Gasteiger partial charge in [-0.05, 0) is 243 Å². The molecule has 0 heterocycles. The van der Waals surface area contributed by atoms with Gasteiger partial charge in [-0.3, -0.25) is 28.8 Å². The molecule has 18 nitrogen and oxygen atoms in total. The van der Waals surface area contributed by atoms with Crippen LogP contribution in [-0.2, 0) is 68.4 Å². The molecule has 131 heavy (non-hydrogen) atoms. The molecule has 0 aliphatic carbocycles. The third kappa shape index (κ3) is 34.6. The highest BCUT2D eigenvalue weighted by Crippen LogP contribution is 2.34. The van der Waals surface area contributed by atoms with Crippen LogP contribution in [0.3, 0.4) is 0 Å². The Labute approximate surface area is 787 Å². The van der Waals surface area contributed by atoms with Crippen LogP contribution in [0.5, 0.6) is 34.5 Å². The predicted octanol–water partition coefficient (Wildman–Crippen LogP) is 26.8. The van der Waals surface area contributed by atoms with Crippen LogP contribution in [0.25, 0.3) is 0 Å². The molecular formula is C103H106BrClF7IN6O12. The Balaban J connectivity index is 0.000000215.